The minimum atomic E-state index is -0.842. The molecule has 4 heteroatoms. The summed E-state index contributed by atoms with van der Waals surface area (Å²) in [4.78, 5) is 10.3. The number of aliphatic hydroxyl groups excluding tert-OH is 2. The maximum atomic E-state index is 10.3. The fourth-order valence-electron chi connectivity index (χ4n) is 2.02. The first kappa shape index (κ1) is 22.4. The fraction of sp³-hybridized carbons (Fsp3) is 0.550. The molecule has 0 aromatic carbocycles. The van der Waals surface area contributed by atoms with Gasteiger partial charge in [0.1, 0.15) is 0 Å². The first-order valence-corrected chi connectivity index (χ1v) is 8.80. The number of unbranched alkanes of at least 4 members (excludes halogenated alkanes) is 3. The normalized spacial score (nSPS) is 15.1. The Morgan fingerprint density at radius 3 is 2.21 bits per heavy atom. The van der Waals surface area contributed by atoms with Gasteiger partial charge in [0, 0.05) is 6.42 Å². The van der Waals surface area contributed by atoms with Crippen molar-refractivity contribution in [3.63, 3.8) is 0 Å². The third-order valence-corrected chi connectivity index (χ3v) is 3.41. The van der Waals surface area contributed by atoms with Crippen LogP contribution < -0.4 is 0 Å². The van der Waals surface area contributed by atoms with E-state index in [4.69, 9.17) is 5.11 Å². The van der Waals surface area contributed by atoms with Gasteiger partial charge in [-0.1, -0.05) is 68.4 Å². The van der Waals surface area contributed by atoms with Crippen LogP contribution in [0.4, 0.5) is 0 Å². The summed E-state index contributed by atoms with van der Waals surface area (Å²) in [6.45, 7) is 2.18. The molecule has 3 N–H and O–H groups in total. The first-order chi connectivity index (χ1) is 11.6. The van der Waals surface area contributed by atoms with Crippen LogP contribution in [0.25, 0.3) is 0 Å². The molecule has 0 amide bonds. The van der Waals surface area contributed by atoms with Gasteiger partial charge in [0.15, 0.2) is 0 Å². The van der Waals surface area contributed by atoms with Gasteiger partial charge in [-0.3, -0.25) is 4.79 Å². The molecule has 0 aliphatic carbocycles. The number of rotatable bonds is 14. The Bertz CT molecular complexity index is 421. The van der Waals surface area contributed by atoms with E-state index in [-0.39, 0.29) is 6.42 Å². The molecular weight excluding hydrogens is 304 g/mol. The summed E-state index contributed by atoms with van der Waals surface area (Å²) in [5, 5.41) is 27.9. The van der Waals surface area contributed by atoms with E-state index in [9.17, 15) is 15.0 Å². The standard InChI is InChI=1S/C20H32O4/c1-2-3-4-5-6-9-13-18(21)14-10-7-8-11-15-19(22)16-12-17-20(23)24/h6-11,14-15,18-19,21-22H,2-5,12-13,16-17H2,1H3,(H,23,24)/b8-7+,9-6+,14-10+,15-11+/t18-,19-/m1/s1. The van der Waals surface area contributed by atoms with Gasteiger partial charge in [-0.05, 0) is 32.1 Å². The number of allylic oxidation sites excluding steroid dienone is 5. The van der Waals surface area contributed by atoms with Crippen LogP contribution in [-0.2, 0) is 4.79 Å². The molecule has 0 unspecified atom stereocenters. The Balaban J connectivity index is 3.81. The number of aliphatic hydroxyl groups is 2. The minimum Gasteiger partial charge on any atom is -0.481 e. The van der Waals surface area contributed by atoms with Crippen molar-refractivity contribution in [2.45, 2.75) is 70.5 Å². The molecule has 136 valence electrons. The zero-order valence-corrected chi connectivity index (χ0v) is 14.7. The highest BCUT2D eigenvalue weighted by molar-refractivity contribution is 5.66. The third kappa shape index (κ3) is 16.7. The van der Waals surface area contributed by atoms with Crippen LogP contribution in [0.5, 0.6) is 0 Å². The highest BCUT2D eigenvalue weighted by Crippen LogP contribution is 2.03. The van der Waals surface area contributed by atoms with Crippen LogP contribution in [0.1, 0.15) is 58.3 Å². The second-order valence-corrected chi connectivity index (χ2v) is 5.78. The van der Waals surface area contributed by atoms with E-state index in [1.165, 1.54) is 19.3 Å². The molecule has 0 aromatic heterocycles. The molecule has 24 heavy (non-hydrogen) atoms. The molecule has 0 spiro atoms. The highest BCUT2D eigenvalue weighted by atomic mass is 16.4. The van der Waals surface area contributed by atoms with Gasteiger partial charge >= 0.3 is 5.97 Å². The number of aliphatic carboxylic acids is 1. The summed E-state index contributed by atoms with van der Waals surface area (Å²) in [6, 6.07) is 0. The van der Waals surface area contributed by atoms with Crippen molar-refractivity contribution < 1.29 is 20.1 Å². The Morgan fingerprint density at radius 1 is 0.917 bits per heavy atom. The van der Waals surface area contributed by atoms with Crippen LogP contribution in [-0.4, -0.2) is 33.5 Å². The van der Waals surface area contributed by atoms with Gasteiger partial charge in [-0.15, -0.1) is 0 Å². The van der Waals surface area contributed by atoms with Gasteiger partial charge in [0.2, 0.25) is 0 Å². The molecule has 2 atom stereocenters. The summed E-state index contributed by atoms with van der Waals surface area (Å²) in [6.07, 6.45) is 19.8. The SMILES string of the molecule is CCCCC/C=C/C[C@@H](O)/C=C/C=C/C=C/[C@@H](O)CCCC(=O)O. The van der Waals surface area contributed by atoms with E-state index < -0.39 is 18.2 Å². The van der Waals surface area contributed by atoms with Crippen molar-refractivity contribution in [1.29, 1.82) is 0 Å². The predicted octanol–water partition coefficient (Wildman–Crippen LogP) is 4.16. The molecule has 0 saturated carbocycles. The van der Waals surface area contributed by atoms with Gasteiger partial charge in [-0.2, -0.15) is 0 Å². The maximum Gasteiger partial charge on any atom is 0.303 e. The van der Waals surface area contributed by atoms with E-state index in [0.717, 1.165) is 6.42 Å². The zero-order chi connectivity index (χ0) is 18.0. The summed E-state index contributed by atoms with van der Waals surface area (Å²) < 4.78 is 0. The molecule has 0 rings (SSSR count). The summed E-state index contributed by atoms with van der Waals surface area (Å²) in [7, 11) is 0. The summed E-state index contributed by atoms with van der Waals surface area (Å²) >= 11 is 0. The van der Waals surface area contributed by atoms with E-state index >= 15 is 0 Å². The molecule has 0 aliphatic rings. The molecule has 0 heterocycles. The van der Waals surface area contributed by atoms with Crippen molar-refractivity contribution in [3.05, 3.63) is 48.6 Å². The Kier molecular flexibility index (Phi) is 15.1. The Morgan fingerprint density at radius 2 is 1.58 bits per heavy atom. The molecule has 4 nitrogen and oxygen atoms in total. The molecule has 0 fully saturated rings. The number of hydrogen-bond donors (Lipinski definition) is 3. The smallest absolute Gasteiger partial charge is 0.303 e. The van der Waals surface area contributed by atoms with E-state index in [2.05, 4.69) is 13.0 Å². The van der Waals surface area contributed by atoms with Gasteiger partial charge in [0.05, 0.1) is 12.2 Å². The minimum absolute atomic E-state index is 0.0778. The predicted molar refractivity (Wildman–Crippen MR) is 98.8 cm³/mol. The average molecular weight is 336 g/mol. The van der Waals surface area contributed by atoms with Crippen LogP contribution in [0.3, 0.4) is 0 Å². The average Bonchev–Trinajstić information content (AvgIpc) is 2.53. The monoisotopic (exact) mass is 336 g/mol. The van der Waals surface area contributed by atoms with E-state index in [0.29, 0.717) is 19.3 Å². The fourth-order valence-corrected chi connectivity index (χ4v) is 2.02. The highest BCUT2D eigenvalue weighted by Gasteiger charge is 2.01. The summed E-state index contributed by atoms with van der Waals surface area (Å²) in [5.74, 6) is -0.842. The van der Waals surface area contributed by atoms with Crippen molar-refractivity contribution in [1.82, 2.24) is 0 Å². The number of carbonyl (C=O) groups is 1. The largest absolute Gasteiger partial charge is 0.481 e. The lowest BCUT2D eigenvalue weighted by atomic mass is 10.1. The van der Waals surface area contributed by atoms with Crippen molar-refractivity contribution in [2.24, 2.45) is 0 Å². The van der Waals surface area contributed by atoms with E-state index in [1.807, 2.05) is 6.08 Å². The Hall–Kier alpha value is -1.65. The second kappa shape index (κ2) is 16.2. The van der Waals surface area contributed by atoms with Crippen molar-refractivity contribution in [3.8, 4) is 0 Å². The lowest BCUT2D eigenvalue weighted by Gasteiger charge is -2.02. The van der Waals surface area contributed by atoms with Crippen LogP contribution >= 0.6 is 0 Å². The first-order valence-electron chi connectivity index (χ1n) is 8.80. The molecule has 0 radical (unpaired) electrons. The number of carboxylic acid groups (broad SMARTS) is 1. The summed E-state index contributed by atoms with van der Waals surface area (Å²) in [5.41, 5.74) is 0. The quantitative estimate of drug-likeness (QED) is 0.253. The lowest BCUT2D eigenvalue weighted by molar-refractivity contribution is -0.137. The zero-order valence-electron chi connectivity index (χ0n) is 14.7. The van der Waals surface area contributed by atoms with Crippen LogP contribution in [0.15, 0.2) is 48.6 Å². The van der Waals surface area contributed by atoms with E-state index in [1.54, 1.807) is 36.5 Å². The van der Waals surface area contributed by atoms with Crippen LogP contribution in [0.2, 0.25) is 0 Å². The van der Waals surface area contributed by atoms with Crippen molar-refractivity contribution >= 4 is 5.97 Å². The molecule has 0 aromatic rings. The van der Waals surface area contributed by atoms with Gasteiger partial charge in [-0.25, -0.2) is 0 Å². The number of hydrogen-bond acceptors (Lipinski definition) is 3. The second-order valence-electron chi connectivity index (χ2n) is 5.78. The third-order valence-electron chi connectivity index (χ3n) is 3.41. The maximum absolute atomic E-state index is 10.3. The van der Waals surface area contributed by atoms with Gasteiger partial charge < -0.3 is 15.3 Å². The van der Waals surface area contributed by atoms with Crippen molar-refractivity contribution in [2.75, 3.05) is 0 Å². The topological polar surface area (TPSA) is 77.8 Å². The molecular formula is C20H32O4. The number of carboxylic acids is 1. The molecule has 0 bridgehead atoms. The van der Waals surface area contributed by atoms with Crippen LogP contribution in [0, 0.1) is 0 Å². The molecule has 0 aliphatic heterocycles. The lowest BCUT2D eigenvalue weighted by Crippen LogP contribution is -2.03. The molecule has 0 saturated heterocycles. The van der Waals surface area contributed by atoms with Gasteiger partial charge in [0.25, 0.3) is 0 Å². The Labute approximate surface area is 145 Å².